The quantitative estimate of drug-likeness (QED) is 0.807. The van der Waals surface area contributed by atoms with Gasteiger partial charge in [-0.05, 0) is 17.5 Å². The van der Waals surface area contributed by atoms with Gasteiger partial charge in [0, 0.05) is 26.1 Å². The molecule has 2 amide bonds. The Hall–Kier alpha value is -3.29. The summed E-state index contributed by atoms with van der Waals surface area (Å²) in [6.07, 6.45) is 3.72. The number of amides is 2. The Balaban J connectivity index is 1.53. The highest BCUT2D eigenvalue weighted by Gasteiger charge is 2.19. The number of rotatable bonds is 6. The van der Waals surface area contributed by atoms with Crippen LogP contribution in [0.15, 0.2) is 36.7 Å². The number of carbonyl (C=O) groups excluding carboxylic acids is 2. The highest BCUT2D eigenvalue weighted by molar-refractivity contribution is 5.92. The summed E-state index contributed by atoms with van der Waals surface area (Å²) in [5.74, 6) is -1.43. The minimum atomic E-state index is -1.19. The van der Waals surface area contributed by atoms with Crippen molar-refractivity contribution in [2.24, 2.45) is 0 Å². The lowest BCUT2D eigenvalue weighted by Crippen LogP contribution is -2.25. The number of nitrogens with one attached hydrogen (secondary N) is 1. The van der Waals surface area contributed by atoms with Gasteiger partial charge in [-0.1, -0.05) is 24.3 Å². The molecule has 1 fully saturated rings. The van der Waals surface area contributed by atoms with E-state index in [1.807, 2.05) is 29.2 Å². The average molecular weight is 354 g/mol. The first-order valence-electron chi connectivity index (χ1n) is 8.22. The number of carbonyl (C=O) groups is 3. The molecule has 0 radical (unpaired) electrons. The standard InChI is InChI=1S/C18H18N4O4/c23-16-2-1-7-22(16)11-13-5-3-12(4-6-13)8-21-17(24)14-9-20-15(10-19-14)18(25)26/h3-6,9-10H,1-2,7-8,11H2,(H,21,24)(H,25,26). The number of hydrogen-bond acceptors (Lipinski definition) is 5. The van der Waals surface area contributed by atoms with E-state index in [1.54, 1.807) is 0 Å². The van der Waals surface area contributed by atoms with E-state index < -0.39 is 11.9 Å². The van der Waals surface area contributed by atoms with Gasteiger partial charge < -0.3 is 15.3 Å². The number of aromatic nitrogens is 2. The number of carboxylic acid groups (broad SMARTS) is 1. The van der Waals surface area contributed by atoms with Crippen molar-refractivity contribution in [3.8, 4) is 0 Å². The highest BCUT2D eigenvalue weighted by Crippen LogP contribution is 2.14. The Morgan fingerprint density at radius 3 is 2.31 bits per heavy atom. The molecule has 1 aromatic carbocycles. The third-order valence-electron chi connectivity index (χ3n) is 4.12. The molecular formula is C18H18N4O4. The molecule has 2 heterocycles. The lowest BCUT2D eigenvalue weighted by Gasteiger charge is -2.15. The van der Waals surface area contributed by atoms with Crippen LogP contribution in [-0.2, 0) is 17.9 Å². The first-order valence-corrected chi connectivity index (χ1v) is 8.22. The van der Waals surface area contributed by atoms with Crippen molar-refractivity contribution in [1.82, 2.24) is 20.2 Å². The van der Waals surface area contributed by atoms with Crippen LogP contribution in [0, 0.1) is 0 Å². The van der Waals surface area contributed by atoms with E-state index in [9.17, 15) is 14.4 Å². The smallest absolute Gasteiger partial charge is 0.356 e. The van der Waals surface area contributed by atoms with Crippen LogP contribution in [0.2, 0.25) is 0 Å². The van der Waals surface area contributed by atoms with Gasteiger partial charge in [-0.3, -0.25) is 9.59 Å². The van der Waals surface area contributed by atoms with Crippen molar-refractivity contribution < 1.29 is 19.5 Å². The lowest BCUT2D eigenvalue weighted by atomic mass is 10.1. The minimum absolute atomic E-state index is 0.0548. The number of carboxylic acids is 1. The largest absolute Gasteiger partial charge is 0.476 e. The van der Waals surface area contributed by atoms with Gasteiger partial charge in [0.1, 0.15) is 5.69 Å². The van der Waals surface area contributed by atoms with Crippen LogP contribution < -0.4 is 5.32 Å². The van der Waals surface area contributed by atoms with E-state index in [0.29, 0.717) is 19.5 Å². The molecule has 1 aromatic heterocycles. The van der Waals surface area contributed by atoms with Crippen molar-refractivity contribution in [2.45, 2.75) is 25.9 Å². The van der Waals surface area contributed by atoms with Crippen LogP contribution in [0.4, 0.5) is 0 Å². The molecular weight excluding hydrogens is 336 g/mol. The Labute approximate surface area is 149 Å². The average Bonchev–Trinajstić information content (AvgIpc) is 3.05. The molecule has 0 unspecified atom stereocenters. The van der Waals surface area contributed by atoms with E-state index in [2.05, 4.69) is 15.3 Å². The predicted molar refractivity (Wildman–Crippen MR) is 91.3 cm³/mol. The third kappa shape index (κ3) is 4.21. The lowest BCUT2D eigenvalue weighted by molar-refractivity contribution is -0.128. The molecule has 0 bridgehead atoms. The van der Waals surface area contributed by atoms with Crippen LogP contribution in [-0.4, -0.2) is 44.3 Å². The van der Waals surface area contributed by atoms with Gasteiger partial charge in [0.2, 0.25) is 5.91 Å². The van der Waals surface area contributed by atoms with Gasteiger partial charge in [0.05, 0.1) is 12.4 Å². The predicted octanol–water partition coefficient (Wildman–Crippen LogP) is 1.23. The van der Waals surface area contributed by atoms with Gasteiger partial charge in [-0.25, -0.2) is 14.8 Å². The van der Waals surface area contributed by atoms with Gasteiger partial charge in [-0.15, -0.1) is 0 Å². The second kappa shape index (κ2) is 7.73. The van der Waals surface area contributed by atoms with Crippen molar-refractivity contribution in [3.05, 3.63) is 59.2 Å². The number of aromatic carboxylic acids is 1. The summed E-state index contributed by atoms with van der Waals surface area (Å²) in [5.41, 5.74) is 1.79. The first-order chi connectivity index (χ1) is 12.5. The third-order valence-corrected chi connectivity index (χ3v) is 4.12. The second-order valence-corrected chi connectivity index (χ2v) is 6.01. The molecule has 1 aliphatic heterocycles. The zero-order valence-electron chi connectivity index (χ0n) is 14.0. The van der Waals surface area contributed by atoms with Crippen molar-refractivity contribution >= 4 is 17.8 Å². The molecule has 3 rings (SSSR count). The molecule has 1 saturated heterocycles. The summed E-state index contributed by atoms with van der Waals surface area (Å²) < 4.78 is 0. The molecule has 2 aromatic rings. The molecule has 134 valence electrons. The zero-order valence-corrected chi connectivity index (χ0v) is 14.0. The maximum Gasteiger partial charge on any atom is 0.356 e. The van der Waals surface area contributed by atoms with Crippen LogP contribution in [0.1, 0.15) is 44.9 Å². The van der Waals surface area contributed by atoms with Crippen molar-refractivity contribution in [3.63, 3.8) is 0 Å². The Morgan fingerprint density at radius 2 is 1.73 bits per heavy atom. The summed E-state index contributed by atoms with van der Waals surface area (Å²) in [6, 6.07) is 7.67. The summed E-state index contributed by atoms with van der Waals surface area (Å²) >= 11 is 0. The van der Waals surface area contributed by atoms with Gasteiger partial charge in [0.15, 0.2) is 5.69 Å². The summed E-state index contributed by atoms with van der Waals surface area (Å²) in [5, 5.41) is 11.5. The second-order valence-electron chi connectivity index (χ2n) is 6.01. The summed E-state index contributed by atoms with van der Waals surface area (Å²) in [4.78, 5) is 43.7. The van der Waals surface area contributed by atoms with E-state index in [4.69, 9.17) is 5.11 Å². The molecule has 8 heteroatoms. The molecule has 0 saturated carbocycles. The van der Waals surface area contributed by atoms with E-state index in [1.165, 1.54) is 0 Å². The van der Waals surface area contributed by atoms with Crippen LogP contribution in [0.3, 0.4) is 0 Å². The number of likely N-dealkylation sites (tertiary alicyclic amines) is 1. The minimum Gasteiger partial charge on any atom is -0.476 e. The number of benzene rings is 1. The maximum absolute atomic E-state index is 12.0. The Bertz CT molecular complexity index is 818. The molecule has 26 heavy (non-hydrogen) atoms. The fourth-order valence-electron chi connectivity index (χ4n) is 2.68. The van der Waals surface area contributed by atoms with Crippen LogP contribution >= 0.6 is 0 Å². The van der Waals surface area contributed by atoms with Crippen molar-refractivity contribution in [2.75, 3.05) is 6.54 Å². The van der Waals surface area contributed by atoms with E-state index in [0.717, 1.165) is 36.5 Å². The molecule has 0 atom stereocenters. The molecule has 1 aliphatic rings. The topological polar surface area (TPSA) is 112 Å². The van der Waals surface area contributed by atoms with E-state index >= 15 is 0 Å². The maximum atomic E-state index is 12.0. The van der Waals surface area contributed by atoms with Gasteiger partial charge >= 0.3 is 5.97 Å². The zero-order chi connectivity index (χ0) is 18.5. The summed E-state index contributed by atoms with van der Waals surface area (Å²) in [6.45, 7) is 1.72. The molecule has 8 nitrogen and oxygen atoms in total. The molecule has 0 aliphatic carbocycles. The SMILES string of the molecule is O=C(O)c1cnc(C(=O)NCc2ccc(CN3CCCC3=O)cc2)cn1. The normalized spacial score (nSPS) is 13.7. The Kier molecular flexibility index (Phi) is 5.21. The molecule has 2 N–H and O–H groups in total. The van der Waals surface area contributed by atoms with Gasteiger partial charge in [-0.2, -0.15) is 0 Å². The monoisotopic (exact) mass is 354 g/mol. The number of nitrogens with zero attached hydrogens (tertiary/aromatic N) is 3. The van der Waals surface area contributed by atoms with Crippen LogP contribution in [0.25, 0.3) is 0 Å². The number of hydrogen-bond donors (Lipinski definition) is 2. The van der Waals surface area contributed by atoms with Crippen LogP contribution in [0.5, 0.6) is 0 Å². The molecule has 0 spiro atoms. The highest BCUT2D eigenvalue weighted by atomic mass is 16.4. The van der Waals surface area contributed by atoms with E-state index in [-0.39, 0.29) is 17.3 Å². The fourth-order valence-corrected chi connectivity index (χ4v) is 2.68. The van der Waals surface area contributed by atoms with Crippen molar-refractivity contribution in [1.29, 1.82) is 0 Å². The Morgan fingerprint density at radius 1 is 1.08 bits per heavy atom. The summed E-state index contributed by atoms with van der Waals surface area (Å²) in [7, 11) is 0. The van der Waals surface area contributed by atoms with Gasteiger partial charge in [0.25, 0.3) is 5.91 Å². The fraction of sp³-hybridized carbons (Fsp3) is 0.278. The first kappa shape index (κ1) is 17.5.